The lowest BCUT2D eigenvalue weighted by atomic mass is 9.94. The lowest BCUT2D eigenvalue weighted by Gasteiger charge is -2.11. The number of aryl methyl sites for hydroxylation is 2. The van der Waals surface area contributed by atoms with Gasteiger partial charge >= 0.3 is 0 Å². The summed E-state index contributed by atoms with van der Waals surface area (Å²) >= 11 is 5.93. The summed E-state index contributed by atoms with van der Waals surface area (Å²) in [4.78, 5) is 15.2. The van der Waals surface area contributed by atoms with Gasteiger partial charge in [-0.15, -0.1) is 0 Å². The van der Waals surface area contributed by atoms with Crippen LogP contribution >= 0.6 is 11.6 Å². The van der Waals surface area contributed by atoms with Crippen LogP contribution in [0.4, 0.5) is 0 Å². The third-order valence-electron chi connectivity index (χ3n) is 3.97. The SMILES string of the molecule is Cc1ccc(-c2cc(-c3ccc(Cl)cc3)[nH]c(=O)c2C#N)c(C)c1. The first-order valence-electron chi connectivity index (χ1n) is 7.50. The van der Waals surface area contributed by atoms with Gasteiger partial charge in [0.1, 0.15) is 11.6 Å². The van der Waals surface area contributed by atoms with Crippen molar-refractivity contribution in [3.63, 3.8) is 0 Å². The Kier molecular flexibility index (Phi) is 4.24. The zero-order valence-corrected chi connectivity index (χ0v) is 14.1. The highest BCUT2D eigenvalue weighted by Gasteiger charge is 2.14. The Bertz CT molecular complexity index is 1010. The number of benzene rings is 2. The number of aromatic amines is 1. The molecule has 0 amide bonds. The molecule has 0 spiro atoms. The van der Waals surface area contributed by atoms with E-state index in [2.05, 4.69) is 4.98 Å². The van der Waals surface area contributed by atoms with Gasteiger partial charge in [-0.25, -0.2) is 0 Å². The maximum atomic E-state index is 12.4. The third kappa shape index (κ3) is 2.97. The van der Waals surface area contributed by atoms with E-state index in [9.17, 15) is 10.1 Å². The van der Waals surface area contributed by atoms with Crippen LogP contribution in [0.3, 0.4) is 0 Å². The van der Waals surface area contributed by atoms with Gasteiger partial charge in [0, 0.05) is 16.3 Å². The summed E-state index contributed by atoms with van der Waals surface area (Å²) < 4.78 is 0. The molecule has 1 N–H and O–H groups in total. The van der Waals surface area contributed by atoms with Gasteiger partial charge in [0.15, 0.2) is 0 Å². The van der Waals surface area contributed by atoms with Crippen LogP contribution in [0.2, 0.25) is 5.02 Å². The average molecular weight is 335 g/mol. The Balaban J connectivity index is 2.27. The highest BCUT2D eigenvalue weighted by Crippen LogP contribution is 2.29. The van der Waals surface area contributed by atoms with Gasteiger partial charge in [-0.05, 0) is 48.7 Å². The predicted molar refractivity (Wildman–Crippen MR) is 97.1 cm³/mol. The van der Waals surface area contributed by atoms with Crippen LogP contribution in [0.5, 0.6) is 0 Å². The molecule has 3 nitrogen and oxygen atoms in total. The van der Waals surface area contributed by atoms with Crippen molar-refractivity contribution in [1.29, 1.82) is 5.26 Å². The molecule has 4 heteroatoms. The lowest BCUT2D eigenvalue weighted by molar-refractivity contribution is 1.21. The fourth-order valence-corrected chi connectivity index (χ4v) is 2.91. The molecule has 3 aromatic rings. The zero-order valence-electron chi connectivity index (χ0n) is 13.4. The smallest absolute Gasteiger partial charge is 0.266 e. The molecule has 0 saturated heterocycles. The number of hydrogen-bond donors (Lipinski definition) is 1. The molecule has 0 aliphatic rings. The van der Waals surface area contributed by atoms with Crippen LogP contribution in [-0.4, -0.2) is 4.98 Å². The monoisotopic (exact) mass is 334 g/mol. The number of H-pyrrole nitrogens is 1. The molecule has 0 aliphatic carbocycles. The summed E-state index contributed by atoms with van der Waals surface area (Å²) in [6.45, 7) is 3.99. The number of halogens is 1. The van der Waals surface area contributed by atoms with E-state index < -0.39 is 0 Å². The van der Waals surface area contributed by atoms with E-state index in [-0.39, 0.29) is 11.1 Å². The number of hydrogen-bond acceptors (Lipinski definition) is 2. The van der Waals surface area contributed by atoms with Gasteiger partial charge in [0.25, 0.3) is 5.56 Å². The van der Waals surface area contributed by atoms with Crippen molar-refractivity contribution < 1.29 is 0 Å². The summed E-state index contributed by atoms with van der Waals surface area (Å²) in [5.74, 6) is 0. The molecule has 118 valence electrons. The zero-order chi connectivity index (χ0) is 17.3. The topological polar surface area (TPSA) is 56.6 Å². The number of nitriles is 1. The first-order chi connectivity index (χ1) is 11.5. The fourth-order valence-electron chi connectivity index (χ4n) is 2.78. The largest absolute Gasteiger partial charge is 0.321 e. The first kappa shape index (κ1) is 16.0. The van der Waals surface area contributed by atoms with Crippen molar-refractivity contribution >= 4 is 11.6 Å². The van der Waals surface area contributed by atoms with Gasteiger partial charge < -0.3 is 4.98 Å². The van der Waals surface area contributed by atoms with E-state index in [4.69, 9.17) is 11.6 Å². The van der Waals surface area contributed by atoms with Gasteiger partial charge in [-0.1, -0.05) is 47.5 Å². The van der Waals surface area contributed by atoms with Crippen LogP contribution in [-0.2, 0) is 0 Å². The van der Waals surface area contributed by atoms with Crippen molar-refractivity contribution in [1.82, 2.24) is 4.98 Å². The molecule has 1 heterocycles. The number of pyridine rings is 1. The molecule has 24 heavy (non-hydrogen) atoms. The van der Waals surface area contributed by atoms with E-state index in [1.54, 1.807) is 12.1 Å². The minimum absolute atomic E-state index is 0.125. The highest BCUT2D eigenvalue weighted by molar-refractivity contribution is 6.30. The van der Waals surface area contributed by atoms with Gasteiger partial charge in [0.2, 0.25) is 0 Å². The molecular weight excluding hydrogens is 320 g/mol. The fraction of sp³-hybridized carbons (Fsp3) is 0.100. The van der Waals surface area contributed by atoms with Crippen LogP contribution < -0.4 is 5.56 Å². The van der Waals surface area contributed by atoms with Crippen LogP contribution in [0.15, 0.2) is 53.3 Å². The van der Waals surface area contributed by atoms with Crippen molar-refractivity contribution in [2.24, 2.45) is 0 Å². The van der Waals surface area contributed by atoms with Crippen molar-refractivity contribution in [2.45, 2.75) is 13.8 Å². The Labute approximate surface area is 145 Å². The number of rotatable bonds is 2. The summed E-state index contributed by atoms with van der Waals surface area (Å²) in [7, 11) is 0. The minimum Gasteiger partial charge on any atom is -0.321 e. The molecule has 0 radical (unpaired) electrons. The van der Waals surface area contributed by atoms with Gasteiger partial charge in [-0.3, -0.25) is 4.79 Å². The molecule has 0 fully saturated rings. The molecule has 0 atom stereocenters. The van der Waals surface area contributed by atoms with E-state index >= 15 is 0 Å². The van der Waals surface area contributed by atoms with Crippen molar-refractivity contribution in [2.75, 3.05) is 0 Å². The Hall–Kier alpha value is -2.83. The summed E-state index contributed by atoms with van der Waals surface area (Å²) in [6, 6.07) is 17.1. The van der Waals surface area contributed by atoms with E-state index in [1.165, 1.54) is 0 Å². The van der Waals surface area contributed by atoms with E-state index in [1.807, 2.05) is 56.3 Å². The average Bonchev–Trinajstić information content (AvgIpc) is 2.55. The minimum atomic E-state index is -0.389. The predicted octanol–water partition coefficient (Wildman–Crippen LogP) is 4.85. The highest BCUT2D eigenvalue weighted by atomic mass is 35.5. The molecule has 3 rings (SSSR count). The van der Waals surface area contributed by atoms with Crippen molar-refractivity contribution in [3.8, 4) is 28.5 Å². The second-order valence-corrected chi connectivity index (χ2v) is 6.17. The van der Waals surface area contributed by atoms with Gasteiger partial charge in [-0.2, -0.15) is 5.26 Å². The van der Waals surface area contributed by atoms with Gasteiger partial charge in [0.05, 0.1) is 0 Å². The molecule has 0 saturated carbocycles. The second kappa shape index (κ2) is 6.35. The lowest BCUT2D eigenvalue weighted by Crippen LogP contribution is -2.13. The van der Waals surface area contributed by atoms with Crippen LogP contribution in [0, 0.1) is 25.2 Å². The Morgan fingerprint density at radius 2 is 1.71 bits per heavy atom. The standard InChI is InChI=1S/C20H15ClN2O/c1-12-3-8-16(13(2)9-12)17-10-19(23-20(24)18(17)11-22)14-4-6-15(21)7-5-14/h3-10H,1-2H3,(H,23,24). The Morgan fingerprint density at radius 1 is 1.00 bits per heavy atom. The number of aromatic nitrogens is 1. The maximum absolute atomic E-state index is 12.4. The van der Waals surface area contributed by atoms with E-state index in [0.717, 1.165) is 22.3 Å². The summed E-state index contributed by atoms with van der Waals surface area (Å²) in [5.41, 5.74) is 4.93. The maximum Gasteiger partial charge on any atom is 0.266 e. The summed E-state index contributed by atoms with van der Waals surface area (Å²) in [6.07, 6.45) is 0. The van der Waals surface area contributed by atoms with E-state index in [0.29, 0.717) is 16.3 Å². The molecule has 0 unspecified atom stereocenters. The number of nitrogens with one attached hydrogen (secondary N) is 1. The molecular formula is C20H15ClN2O. The van der Waals surface area contributed by atoms with Crippen molar-refractivity contribution in [3.05, 3.63) is 80.6 Å². The Morgan fingerprint density at radius 3 is 2.33 bits per heavy atom. The number of nitrogens with zero attached hydrogens (tertiary/aromatic N) is 1. The molecule has 0 aliphatic heterocycles. The second-order valence-electron chi connectivity index (χ2n) is 5.74. The molecule has 1 aromatic heterocycles. The summed E-state index contributed by atoms with van der Waals surface area (Å²) in [5, 5.41) is 10.0. The normalized spacial score (nSPS) is 10.4. The molecule has 0 bridgehead atoms. The van der Waals surface area contributed by atoms with Crippen LogP contribution in [0.25, 0.3) is 22.4 Å². The quantitative estimate of drug-likeness (QED) is 0.728. The van der Waals surface area contributed by atoms with Crippen LogP contribution in [0.1, 0.15) is 16.7 Å². The molecule has 2 aromatic carbocycles. The third-order valence-corrected chi connectivity index (χ3v) is 4.22. The first-order valence-corrected chi connectivity index (χ1v) is 7.88.